The summed E-state index contributed by atoms with van der Waals surface area (Å²) in [5.74, 6) is 0.734. The van der Waals surface area contributed by atoms with Gasteiger partial charge in [-0.1, -0.05) is 5.21 Å². The quantitative estimate of drug-likeness (QED) is 0.895. The van der Waals surface area contributed by atoms with E-state index in [0.717, 1.165) is 39.0 Å². The molecule has 2 fully saturated rings. The molecule has 0 spiro atoms. The van der Waals surface area contributed by atoms with Crippen LogP contribution in [0, 0.1) is 5.92 Å². The molecule has 6 nitrogen and oxygen atoms in total. The molecule has 1 aliphatic carbocycles. The Bertz CT molecular complexity index is 468. The van der Waals surface area contributed by atoms with Gasteiger partial charge >= 0.3 is 0 Å². The SMILES string of the molecule is CCN(CC1CC1)C(=O)c1cn(C2CCNCC2)nn1.Cl. The molecular formula is C14H24ClN5O. The van der Waals surface area contributed by atoms with Crippen LogP contribution in [0.25, 0.3) is 0 Å². The molecular weight excluding hydrogens is 290 g/mol. The molecule has 0 aromatic carbocycles. The van der Waals surface area contributed by atoms with E-state index in [4.69, 9.17) is 0 Å². The van der Waals surface area contributed by atoms with E-state index in [0.29, 0.717) is 17.7 Å². The predicted octanol–water partition coefficient (Wildman–Crippen LogP) is 1.50. The van der Waals surface area contributed by atoms with Crippen molar-refractivity contribution in [3.05, 3.63) is 11.9 Å². The first kappa shape index (κ1) is 16.2. The average molecular weight is 314 g/mol. The molecule has 1 saturated heterocycles. The Morgan fingerprint density at radius 1 is 1.38 bits per heavy atom. The van der Waals surface area contributed by atoms with E-state index in [9.17, 15) is 4.79 Å². The van der Waals surface area contributed by atoms with Crippen LogP contribution >= 0.6 is 12.4 Å². The second-order valence-corrected chi connectivity index (χ2v) is 5.85. The number of carbonyl (C=O) groups excluding carboxylic acids is 1. The highest BCUT2D eigenvalue weighted by Gasteiger charge is 2.28. The maximum Gasteiger partial charge on any atom is 0.276 e. The minimum atomic E-state index is 0. The molecule has 3 rings (SSSR count). The van der Waals surface area contributed by atoms with E-state index in [2.05, 4.69) is 15.6 Å². The monoisotopic (exact) mass is 313 g/mol. The van der Waals surface area contributed by atoms with Gasteiger partial charge in [-0.2, -0.15) is 0 Å². The van der Waals surface area contributed by atoms with Gasteiger partial charge < -0.3 is 10.2 Å². The summed E-state index contributed by atoms with van der Waals surface area (Å²) < 4.78 is 1.87. The molecule has 0 bridgehead atoms. The number of halogens is 1. The van der Waals surface area contributed by atoms with Crippen molar-refractivity contribution < 1.29 is 4.79 Å². The maximum atomic E-state index is 12.4. The van der Waals surface area contributed by atoms with Crippen LogP contribution in [-0.2, 0) is 0 Å². The molecule has 1 aromatic heterocycles. The Balaban J connectivity index is 0.00000161. The second kappa shape index (κ2) is 7.22. The third kappa shape index (κ3) is 3.95. The van der Waals surface area contributed by atoms with Gasteiger partial charge in [0.25, 0.3) is 5.91 Å². The highest BCUT2D eigenvalue weighted by molar-refractivity contribution is 5.91. The summed E-state index contributed by atoms with van der Waals surface area (Å²) in [6.45, 7) is 5.66. The standard InChI is InChI=1S/C14H23N5O.ClH/c1-2-18(9-11-3-4-11)14(20)13-10-19(17-16-13)12-5-7-15-8-6-12;/h10-12,15H,2-9H2,1H3;1H. The summed E-state index contributed by atoms with van der Waals surface area (Å²) in [5.41, 5.74) is 0.492. The van der Waals surface area contributed by atoms with Crippen molar-refractivity contribution in [1.29, 1.82) is 0 Å². The van der Waals surface area contributed by atoms with Crippen LogP contribution in [0.1, 0.15) is 49.1 Å². The van der Waals surface area contributed by atoms with Crippen molar-refractivity contribution in [3.63, 3.8) is 0 Å². The highest BCUT2D eigenvalue weighted by atomic mass is 35.5. The number of carbonyl (C=O) groups is 1. The normalized spacial score (nSPS) is 19.1. The molecule has 1 aromatic rings. The summed E-state index contributed by atoms with van der Waals surface area (Å²) in [5, 5.41) is 11.6. The van der Waals surface area contributed by atoms with Gasteiger partial charge in [0.15, 0.2) is 5.69 Å². The van der Waals surface area contributed by atoms with Gasteiger partial charge in [-0.25, -0.2) is 4.68 Å². The Labute approximate surface area is 131 Å². The van der Waals surface area contributed by atoms with Gasteiger partial charge in [0.1, 0.15) is 0 Å². The molecule has 7 heteroatoms. The Morgan fingerprint density at radius 2 is 2.10 bits per heavy atom. The largest absolute Gasteiger partial charge is 0.337 e. The zero-order chi connectivity index (χ0) is 13.9. The van der Waals surface area contributed by atoms with Crippen molar-refractivity contribution in [2.45, 2.75) is 38.6 Å². The number of piperidine rings is 1. The van der Waals surface area contributed by atoms with Gasteiger partial charge in [0.2, 0.25) is 0 Å². The van der Waals surface area contributed by atoms with Crippen LogP contribution in [0.3, 0.4) is 0 Å². The van der Waals surface area contributed by atoms with Crippen molar-refractivity contribution in [3.8, 4) is 0 Å². The molecule has 2 aliphatic rings. The lowest BCUT2D eigenvalue weighted by atomic mass is 10.1. The fourth-order valence-corrected chi connectivity index (χ4v) is 2.75. The Kier molecular flexibility index (Phi) is 5.58. The minimum Gasteiger partial charge on any atom is -0.337 e. The van der Waals surface area contributed by atoms with E-state index >= 15 is 0 Å². The van der Waals surface area contributed by atoms with Gasteiger partial charge in [0, 0.05) is 13.1 Å². The van der Waals surface area contributed by atoms with Crippen molar-refractivity contribution >= 4 is 18.3 Å². The molecule has 1 saturated carbocycles. The molecule has 1 aliphatic heterocycles. The molecule has 118 valence electrons. The summed E-state index contributed by atoms with van der Waals surface area (Å²) in [6, 6.07) is 0.379. The lowest BCUT2D eigenvalue weighted by Crippen LogP contribution is -2.33. The molecule has 1 N–H and O–H groups in total. The fraction of sp³-hybridized carbons (Fsp3) is 0.786. The van der Waals surface area contributed by atoms with E-state index in [-0.39, 0.29) is 18.3 Å². The summed E-state index contributed by atoms with van der Waals surface area (Å²) in [4.78, 5) is 14.3. The Hall–Kier alpha value is -1.14. The summed E-state index contributed by atoms with van der Waals surface area (Å²) >= 11 is 0. The van der Waals surface area contributed by atoms with Gasteiger partial charge in [-0.3, -0.25) is 4.79 Å². The molecule has 0 unspecified atom stereocenters. The van der Waals surface area contributed by atoms with Crippen LogP contribution in [-0.4, -0.2) is 52.0 Å². The fourth-order valence-electron chi connectivity index (χ4n) is 2.75. The van der Waals surface area contributed by atoms with Crippen LogP contribution in [0.5, 0.6) is 0 Å². The van der Waals surface area contributed by atoms with Crippen molar-refractivity contribution in [1.82, 2.24) is 25.2 Å². The van der Waals surface area contributed by atoms with Crippen molar-refractivity contribution in [2.24, 2.45) is 5.92 Å². The summed E-state index contributed by atoms with van der Waals surface area (Å²) in [7, 11) is 0. The van der Waals surface area contributed by atoms with Crippen LogP contribution in [0.2, 0.25) is 0 Å². The van der Waals surface area contributed by atoms with Crippen molar-refractivity contribution in [2.75, 3.05) is 26.2 Å². The van der Waals surface area contributed by atoms with Gasteiger partial charge in [-0.05, 0) is 51.6 Å². The minimum absolute atomic E-state index is 0. The van der Waals surface area contributed by atoms with Crippen LogP contribution < -0.4 is 5.32 Å². The van der Waals surface area contributed by atoms with E-state index < -0.39 is 0 Å². The zero-order valence-electron chi connectivity index (χ0n) is 12.5. The highest BCUT2D eigenvalue weighted by Crippen LogP contribution is 2.30. The lowest BCUT2D eigenvalue weighted by molar-refractivity contribution is 0.0751. The number of hydrogen-bond acceptors (Lipinski definition) is 4. The first-order chi connectivity index (χ1) is 9.78. The molecule has 21 heavy (non-hydrogen) atoms. The topological polar surface area (TPSA) is 63.1 Å². The second-order valence-electron chi connectivity index (χ2n) is 5.85. The van der Waals surface area contributed by atoms with Gasteiger partial charge in [0.05, 0.1) is 12.2 Å². The number of hydrogen-bond donors (Lipinski definition) is 1. The molecule has 1 amide bonds. The molecule has 2 heterocycles. The maximum absolute atomic E-state index is 12.4. The predicted molar refractivity (Wildman–Crippen MR) is 82.7 cm³/mol. The van der Waals surface area contributed by atoms with E-state index in [1.165, 1.54) is 12.8 Å². The smallest absolute Gasteiger partial charge is 0.276 e. The number of nitrogens with zero attached hydrogens (tertiary/aromatic N) is 4. The molecule has 0 atom stereocenters. The number of aromatic nitrogens is 3. The first-order valence-corrected chi connectivity index (χ1v) is 7.69. The van der Waals surface area contributed by atoms with Crippen LogP contribution in [0.15, 0.2) is 6.20 Å². The number of nitrogens with one attached hydrogen (secondary N) is 1. The van der Waals surface area contributed by atoms with E-state index in [1.54, 1.807) is 0 Å². The van der Waals surface area contributed by atoms with Gasteiger partial charge in [-0.15, -0.1) is 17.5 Å². The third-order valence-electron chi connectivity index (χ3n) is 4.26. The first-order valence-electron chi connectivity index (χ1n) is 7.69. The number of rotatable bonds is 5. The zero-order valence-corrected chi connectivity index (χ0v) is 13.3. The molecule has 0 radical (unpaired) electrons. The third-order valence-corrected chi connectivity index (χ3v) is 4.26. The van der Waals surface area contributed by atoms with Crippen LogP contribution in [0.4, 0.5) is 0 Å². The van der Waals surface area contributed by atoms with E-state index in [1.807, 2.05) is 22.7 Å². The Morgan fingerprint density at radius 3 is 2.71 bits per heavy atom. The lowest BCUT2D eigenvalue weighted by Gasteiger charge is -2.22. The average Bonchev–Trinajstić information content (AvgIpc) is 3.18. The number of amides is 1. The summed E-state index contributed by atoms with van der Waals surface area (Å²) in [6.07, 6.45) is 6.44.